The summed E-state index contributed by atoms with van der Waals surface area (Å²) in [6, 6.07) is 10.6. The van der Waals surface area contributed by atoms with Crippen molar-refractivity contribution >= 4 is 11.6 Å². The van der Waals surface area contributed by atoms with E-state index >= 15 is 0 Å². The molecule has 11 rings (SSSR count). The Balaban J connectivity index is 1.57. The minimum absolute atomic E-state index is 0.000627. The molecule has 10 aliphatic rings. The van der Waals surface area contributed by atoms with E-state index in [2.05, 4.69) is 31.2 Å². The lowest BCUT2D eigenvalue weighted by molar-refractivity contribution is -0.171. The molecule has 0 amide bonds. The summed E-state index contributed by atoms with van der Waals surface area (Å²) < 4.78 is 6.79. The second-order valence-corrected chi connectivity index (χ2v) is 9.77. The van der Waals surface area contributed by atoms with Gasteiger partial charge in [0.1, 0.15) is 22.8 Å². The summed E-state index contributed by atoms with van der Waals surface area (Å²) in [6.07, 6.45) is 2.03. The van der Waals surface area contributed by atoms with Gasteiger partial charge >= 0.3 is 0 Å². The van der Waals surface area contributed by atoms with Gasteiger partial charge in [0.2, 0.25) is 0 Å². The minimum Gasteiger partial charge on any atom is -0.360 e. The van der Waals surface area contributed by atoms with E-state index in [1.54, 1.807) is 0 Å². The average Bonchev–Trinajstić information content (AvgIpc) is 2.86. The number of Topliss-reactive ketones (excluding diaryl/α,β-unsaturated/α-hetero) is 2. The van der Waals surface area contributed by atoms with Crippen molar-refractivity contribution in [3.05, 3.63) is 35.9 Å². The van der Waals surface area contributed by atoms with Crippen molar-refractivity contribution in [2.45, 2.75) is 36.4 Å². The van der Waals surface area contributed by atoms with Crippen LogP contribution in [0.4, 0.5) is 0 Å². The fourth-order valence-electron chi connectivity index (χ4n) is 10.0. The first-order valence-corrected chi connectivity index (χ1v) is 9.39. The van der Waals surface area contributed by atoms with Gasteiger partial charge in [-0.15, -0.1) is 0 Å². The standard InChI is InChI=1S/C21H18O3/c1-18-8-19(9-5-3-2-4-6-9)15-14(18)16(22)12-10-7-11(13(12)17(15)23)21(19)20(10,18)24-21/h2-6,10-15H,7-8H2,1H3. The third kappa shape index (κ3) is 0.652. The second-order valence-electron chi connectivity index (χ2n) is 9.77. The molecule has 1 aromatic rings. The van der Waals surface area contributed by atoms with Gasteiger partial charge in [-0.05, 0) is 18.4 Å². The van der Waals surface area contributed by atoms with Crippen molar-refractivity contribution in [1.82, 2.24) is 0 Å². The maximum atomic E-state index is 13.5. The topological polar surface area (TPSA) is 46.7 Å². The molecule has 0 N–H and O–H groups in total. The second kappa shape index (κ2) is 2.74. The molecule has 10 bridgehead atoms. The Morgan fingerprint density at radius 1 is 0.958 bits per heavy atom. The zero-order valence-corrected chi connectivity index (χ0v) is 13.5. The average molecular weight is 318 g/mol. The number of rotatable bonds is 1. The Morgan fingerprint density at radius 3 is 2.38 bits per heavy atom. The van der Waals surface area contributed by atoms with E-state index in [-0.39, 0.29) is 45.7 Å². The van der Waals surface area contributed by atoms with Crippen molar-refractivity contribution in [3.63, 3.8) is 0 Å². The zero-order valence-electron chi connectivity index (χ0n) is 13.5. The van der Waals surface area contributed by atoms with Crippen LogP contribution < -0.4 is 0 Å². The fourth-order valence-corrected chi connectivity index (χ4v) is 10.0. The third-order valence-electron chi connectivity index (χ3n) is 9.91. The monoisotopic (exact) mass is 318 g/mol. The van der Waals surface area contributed by atoms with Crippen LogP contribution in [0.2, 0.25) is 0 Å². The molecule has 2 spiro atoms. The molecular formula is C21H18O3. The first-order valence-electron chi connectivity index (χ1n) is 9.39. The van der Waals surface area contributed by atoms with Crippen LogP contribution in [0, 0.1) is 40.9 Å². The van der Waals surface area contributed by atoms with Crippen LogP contribution in [-0.4, -0.2) is 22.8 Å². The maximum Gasteiger partial charge on any atom is 0.141 e. The van der Waals surface area contributed by atoms with E-state index in [1.807, 2.05) is 6.07 Å². The molecule has 1 saturated heterocycles. The molecule has 1 heterocycles. The van der Waals surface area contributed by atoms with Crippen molar-refractivity contribution in [3.8, 4) is 0 Å². The Morgan fingerprint density at radius 2 is 1.62 bits per heavy atom. The fraction of sp³-hybridized carbons (Fsp3) is 0.619. The molecule has 0 radical (unpaired) electrons. The Labute approximate surface area is 139 Å². The Hall–Kier alpha value is -1.48. The van der Waals surface area contributed by atoms with Gasteiger partial charge in [0.15, 0.2) is 0 Å². The molecule has 1 aliphatic heterocycles. The minimum atomic E-state index is -0.234. The Bertz CT molecular complexity index is 922. The predicted molar refractivity (Wildman–Crippen MR) is 83.0 cm³/mol. The summed E-state index contributed by atoms with van der Waals surface area (Å²) in [5.74, 6) is 1.23. The predicted octanol–water partition coefficient (Wildman–Crippen LogP) is 2.14. The quantitative estimate of drug-likeness (QED) is 0.745. The third-order valence-corrected chi connectivity index (χ3v) is 9.91. The number of hydrogen-bond donors (Lipinski definition) is 0. The van der Waals surface area contributed by atoms with Gasteiger partial charge in [-0.2, -0.15) is 0 Å². The summed E-state index contributed by atoms with van der Waals surface area (Å²) in [7, 11) is 0. The van der Waals surface area contributed by atoms with Gasteiger partial charge in [-0.3, -0.25) is 9.59 Å². The van der Waals surface area contributed by atoms with E-state index < -0.39 is 0 Å². The van der Waals surface area contributed by atoms with Crippen molar-refractivity contribution < 1.29 is 14.3 Å². The highest BCUT2D eigenvalue weighted by Crippen LogP contribution is 2.98. The van der Waals surface area contributed by atoms with Crippen LogP contribution in [0.15, 0.2) is 30.3 Å². The summed E-state index contributed by atoms with van der Waals surface area (Å²) in [5, 5.41) is 0. The lowest BCUT2D eigenvalue weighted by Crippen LogP contribution is -2.73. The zero-order chi connectivity index (χ0) is 15.9. The summed E-state index contributed by atoms with van der Waals surface area (Å²) >= 11 is 0. The van der Waals surface area contributed by atoms with Crippen LogP contribution in [0.3, 0.4) is 0 Å². The molecule has 3 heteroatoms. The molecule has 1 aromatic carbocycles. The lowest BCUT2D eigenvalue weighted by atomic mass is 9.38. The van der Waals surface area contributed by atoms with Crippen LogP contribution in [0.25, 0.3) is 0 Å². The van der Waals surface area contributed by atoms with E-state index in [0.717, 1.165) is 12.8 Å². The number of ketones is 2. The SMILES string of the molecule is CC12CC3(c4ccccc4)C4C(=O)C5C(C(=O)C41)C1CC5C34OC124. The number of epoxide rings is 1. The van der Waals surface area contributed by atoms with Crippen molar-refractivity contribution in [1.29, 1.82) is 0 Å². The van der Waals surface area contributed by atoms with Crippen LogP contribution in [0.5, 0.6) is 0 Å². The van der Waals surface area contributed by atoms with Crippen molar-refractivity contribution in [2.24, 2.45) is 40.9 Å². The molecule has 3 nitrogen and oxygen atoms in total. The molecule has 10 unspecified atom stereocenters. The molecule has 9 saturated carbocycles. The van der Waals surface area contributed by atoms with E-state index in [0.29, 0.717) is 23.4 Å². The Kier molecular flexibility index (Phi) is 1.37. The van der Waals surface area contributed by atoms with Crippen LogP contribution in [0.1, 0.15) is 25.3 Å². The molecule has 9 aliphatic carbocycles. The van der Waals surface area contributed by atoms with Gasteiger partial charge in [0.05, 0.1) is 0 Å². The van der Waals surface area contributed by atoms with Gasteiger partial charge in [-0.1, -0.05) is 37.3 Å². The van der Waals surface area contributed by atoms with Gasteiger partial charge in [-0.25, -0.2) is 0 Å². The highest BCUT2D eigenvalue weighted by molar-refractivity contribution is 6.07. The molecule has 24 heavy (non-hydrogen) atoms. The molecule has 10 atom stereocenters. The molecule has 120 valence electrons. The highest BCUT2D eigenvalue weighted by Gasteiger charge is 3.08. The lowest BCUT2D eigenvalue weighted by Gasteiger charge is -2.60. The number of hydrogen-bond acceptors (Lipinski definition) is 3. The molecular weight excluding hydrogens is 300 g/mol. The maximum absolute atomic E-state index is 13.5. The van der Waals surface area contributed by atoms with Crippen molar-refractivity contribution in [2.75, 3.05) is 0 Å². The highest BCUT2D eigenvalue weighted by atomic mass is 16.6. The summed E-state index contributed by atoms with van der Waals surface area (Å²) in [6.45, 7) is 2.28. The number of benzene rings is 1. The van der Waals surface area contributed by atoms with E-state index in [1.165, 1.54) is 5.56 Å². The number of carbonyl (C=O) groups is 2. The first kappa shape index (κ1) is 12.0. The van der Waals surface area contributed by atoms with Crippen LogP contribution in [-0.2, 0) is 19.7 Å². The van der Waals surface area contributed by atoms with Gasteiger partial charge in [0, 0.05) is 46.3 Å². The molecule has 10 fully saturated rings. The summed E-state index contributed by atoms with van der Waals surface area (Å²) in [4.78, 5) is 26.9. The van der Waals surface area contributed by atoms with Gasteiger partial charge < -0.3 is 4.74 Å². The number of ether oxygens (including phenoxy) is 1. The van der Waals surface area contributed by atoms with Crippen LogP contribution >= 0.6 is 0 Å². The largest absolute Gasteiger partial charge is 0.360 e. The smallest absolute Gasteiger partial charge is 0.141 e. The molecule has 0 aromatic heterocycles. The first-order chi connectivity index (χ1) is 11.6. The number of carbonyl (C=O) groups excluding carboxylic acids is 2. The normalized spacial score (nSPS) is 67.7. The van der Waals surface area contributed by atoms with Gasteiger partial charge in [0.25, 0.3) is 0 Å². The van der Waals surface area contributed by atoms with E-state index in [9.17, 15) is 9.59 Å². The summed E-state index contributed by atoms with van der Waals surface area (Å²) in [5.41, 5.74) is 0.687. The van der Waals surface area contributed by atoms with E-state index in [4.69, 9.17) is 4.74 Å².